The van der Waals surface area contributed by atoms with Crippen molar-refractivity contribution in [3.63, 3.8) is 0 Å². The number of nitrogens with one attached hydrogen (secondary N) is 3. The third-order valence-electron chi connectivity index (χ3n) is 5.15. The number of benzene rings is 3. The molecule has 3 N–H and O–H groups in total. The minimum absolute atomic E-state index is 0.00653. The second-order valence-corrected chi connectivity index (χ2v) is 8.14. The number of thiocarbonyl (C=S) groups is 1. The van der Waals surface area contributed by atoms with Gasteiger partial charge in [-0.2, -0.15) is 0 Å². The van der Waals surface area contributed by atoms with E-state index in [1.54, 1.807) is 30.3 Å². The molecule has 6 nitrogen and oxygen atoms in total. The summed E-state index contributed by atoms with van der Waals surface area (Å²) in [5, 5.41) is 4.65. The van der Waals surface area contributed by atoms with Crippen molar-refractivity contribution >= 4 is 46.0 Å². The van der Waals surface area contributed by atoms with Gasteiger partial charge in [-0.1, -0.05) is 68.7 Å². The molecule has 0 spiro atoms. The Morgan fingerprint density at radius 3 is 2.47 bits per heavy atom. The second-order valence-electron chi connectivity index (χ2n) is 7.73. The van der Waals surface area contributed by atoms with Crippen LogP contribution in [0.5, 0.6) is 5.75 Å². The number of amides is 2. The molecule has 0 aliphatic carbocycles. The number of fused-ring (bicyclic) bond motifs is 1. The van der Waals surface area contributed by atoms with E-state index in [2.05, 4.69) is 23.1 Å². The Balaban J connectivity index is 1.43. The summed E-state index contributed by atoms with van der Waals surface area (Å²) in [6.45, 7) is 2.83. The standard InChI is InChI=1S/C27H29N3O3S/c1-2-3-4-7-19-33-23-16-13-22(14-17-23)26(32)29-30-27(34)28-25(31)18-15-21-11-8-10-20-9-5-6-12-24(20)21/h5-6,8-18H,2-4,7,19H2,1H3,(H,29,32)(H2,28,30,31,34)/b18-15+. The maximum atomic E-state index is 12.3. The Morgan fingerprint density at radius 2 is 1.68 bits per heavy atom. The van der Waals surface area contributed by atoms with E-state index in [-0.39, 0.29) is 11.0 Å². The molecular weight excluding hydrogens is 446 g/mol. The van der Waals surface area contributed by atoms with Gasteiger partial charge in [0.05, 0.1) is 6.61 Å². The second kappa shape index (κ2) is 13.1. The van der Waals surface area contributed by atoms with Gasteiger partial charge in [0, 0.05) is 11.6 Å². The van der Waals surface area contributed by atoms with Crippen molar-refractivity contribution in [1.29, 1.82) is 0 Å². The van der Waals surface area contributed by atoms with Crippen molar-refractivity contribution in [2.45, 2.75) is 32.6 Å². The first-order valence-electron chi connectivity index (χ1n) is 11.4. The SMILES string of the molecule is CCCCCCOc1ccc(C(=O)NNC(=S)NC(=O)/C=C/c2cccc3ccccc23)cc1. The van der Waals surface area contributed by atoms with Gasteiger partial charge in [-0.25, -0.2) is 0 Å². The predicted molar refractivity (Wildman–Crippen MR) is 140 cm³/mol. The molecule has 0 saturated carbocycles. The lowest BCUT2D eigenvalue weighted by Crippen LogP contribution is -2.48. The molecule has 3 aromatic rings. The summed E-state index contributed by atoms with van der Waals surface area (Å²) >= 11 is 5.09. The molecule has 0 saturated heterocycles. The van der Waals surface area contributed by atoms with E-state index in [9.17, 15) is 9.59 Å². The summed E-state index contributed by atoms with van der Waals surface area (Å²) in [6.07, 6.45) is 7.69. The van der Waals surface area contributed by atoms with Gasteiger partial charge in [0.15, 0.2) is 5.11 Å². The van der Waals surface area contributed by atoms with Crippen LogP contribution in [-0.2, 0) is 4.79 Å². The van der Waals surface area contributed by atoms with Crippen LogP contribution in [0.2, 0.25) is 0 Å². The number of hydrogen-bond donors (Lipinski definition) is 3. The topological polar surface area (TPSA) is 79.5 Å². The van der Waals surface area contributed by atoms with Crippen LogP contribution in [0, 0.1) is 0 Å². The molecule has 0 bridgehead atoms. The fraction of sp³-hybridized carbons (Fsp3) is 0.222. The number of ether oxygens (including phenoxy) is 1. The first-order valence-corrected chi connectivity index (χ1v) is 11.8. The third-order valence-corrected chi connectivity index (χ3v) is 5.35. The maximum absolute atomic E-state index is 12.3. The number of carbonyl (C=O) groups excluding carboxylic acids is 2. The zero-order valence-corrected chi connectivity index (χ0v) is 20.0. The highest BCUT2D eigenvalue weighted by Gasteiger charge is 2.07. The zero-order valence-electron chi connectivity index (χ0n) is 19.2. The normalized spacial score (nSPS) is 10.7. The molecule has 3 rings (SSSR count). The molecule has 0 fully saturated rings. The molecule has 0 heterocycles. The highest BCUT2D eigenvalue weighted by molar-refractivity contribution is 7.80. The first kappa shape index (κ1) is 24.9. The van der Waals surface area contributed by atoms with Gasteiger partial charge >= 0.3 is 0 Å². The Bertz CT molecular complexity index is 1150. The van der Waals surface area contributed by atoms with Gasteiger partial charge in [0.1, 0.15) is 5.75 Å². The molecule has 0 atom stereocenters. The molecule has 0 aliphatic heterocycles. The van der Waals surface area contributed by atoms with E-state index in [0.29, 0.717) is 12.2 Å². The molecule has 34 heavy (non-hydrogen) atoms. The fourth-order valence-electron chi connectivity index (χ4n) is 3.35. The van der Waals surface area contributed by atoms with Crippen molar-refractivity contribution in [3.05, 3.63) is 83.9 Å². The minimum Gasteiger partial charge on any atom is -0.494 e. The van der Waals surface area contributed by atoms with Crippen LogP contribution in [-0.4, -0.2) is 23.5 Å². The van der Waals surface area contributed by atoms with E-state index in [1.807, 2.05) is 42.5 Å². The fourth-order valence-corrected chi connectivity index (χ4v) is 3.50. The lowest BCUT2D eigenvalue weighted by molar-refractivity contribution is -0.115. The van der Waals surface area contributed by atoms with Crippen molar-refractivity contribution in [2.24, 2.45) is 0 Å². The van der Waals surface area contributed by atoms with Gasteiger partial charge in [0.25, 0.3) is 5.91 Å². The number of unbranched alkanes of at least 4 members (excludes halogenated alkanes) is 3. The average Bonchev–Trinajstić information content (AvgIpc) is 2.86. The summed E-state index contributed by atoms with van der Waals surface area (Å²) in [7, 11) is 0. The van der Waals surface area contributed by atoms with Crippen molar-refractivity contribution in [3.8, 4) is 5.75 Å². The molecular formula is C27H29N3O3S. The van der Waals surface area contributed by atoms with Crippen molar-refractivity contribution < 1.29 is 14.3 Å². The lowest BCUT2D eigenvalue weighted by atomic mass is 10.0. The summed E-state index contributed by atoms with van der Waals surface area (Å²) in [6, 6.07) is 20.7. The van der Waals surface area contributed by atoms with Crippen LogP contribution in [0.4, 0.5) is 0 Å². The third kappa shape index (κ3) is 7.71. The lowest BCUT2D eigenvalue weighted by Gasteiger charge is -2.10. The molecule has 0 aliphatic rings. The number of carbonyl (C=O) groups is 2. The maximum Gasteiger partial charge on any atom is 0.269 e. The van der Waals surface area contributed by atoms with Crippen molar-refractivity contribution in [1.82, 2.24) is 16.2 Å². The number of hydrogen-bond acceptors (Lipinski definition) is 4. The number of hydrazine groups is 1. The van der Waals surface area contributed by atoms with E-state index >= 15 is 0 Å². The van der Waals surface area contributed by atoms with E-state index in [0.717, 1.165) is 34.9 Å². The molecule has 3 aromatic carbocycles. The van der Waals surface area contributed by atoms with E-state index < -0.39 is 5.91 Å². The summed E-state index contributed by atoms with van der Waals surface area (Å²) in [4.78, 5) is 24.5. The monoisotopic (exact) mass is 475 g/mol. The van der Waals surface area contributed by atoms with E-state index in [4.69, 9.17) is 17.0 Å². The molecule has 2 amide bonds. The minimum atomic E-state index is -0.403. The zero-order chi connectivity index (χ0) is 24.2. The van der Waals surface area contributed by atoms with Crippen LogP contribution in [0.15, 0.2) is 72.8 Å². The van der Waals surface area contributed by atoms with Gasteiger partial charge in [-0.3, -0.25) is 25.8 Å². The van der Waals surface area contributed by atoms with E-state index in [1.165, 1.54) is 18.9 Å². The predicted octanol–water partition coefficient (Wildman–Crippen LogP) is 5.15. The molecule has 176 valence electrons. The van der Waals surface area contributed by atoms with Crippen LogP contribution in [0.25, 0.3) is 16.8 Å². The number of rotatable bonds is 9. The van der Waals surface area contributed by atoms with Gasteiger partial charge < -0.3 is 4.74 Å². The summed E-state index contributed by atoms with van der Waals surface area (Å²) in [5.74, 6) is -0.0562. The summed E-state index contributed by atoms with van der Waals surface area (Å²) < 4.78 is 5.69. The quantitative estimate of drug-likeness (QED) is 0.173. The molecule has 0 aromatic heterocycles. The Hall–Kier alpha value is -3.71. The smallest absolute Gasteiger partial charge is 0.269 e. The molecule has 0 unspecified atom stereocenters. The average molecular weight is 476 g/mol. The largest absolute Gasteiger partial charge is 0.494 e. The van der Waals surface area contributed by atoms with Crippen molar-refractivity contribution in [2.75, 3.05) is 6.61 Å². The van der Waals surface area contributed by atoms with Gasteiger partial charge in [0.2, 0.25) is 5.91 Å². The molecule has 7 heteroatoms. The van der Waals surface area contributed by atoms with Crippen LogP contribution in [0.3, 0.4) is 0 Å². The van der Waals surface area contributed by atoms with Crippen LogP contribution >= 0.6 is 12.2 Å². The first-order chi connectivity index (χ1) is 16.6. The van der Waals surface area contributed by atoms with Crippen LogP contribution in [0.1, 0.15) is 48.5 Å². The Labute approximate surface area is 205 Å². The summed E-state index contributed by atoms with van der Waals surface area (Å²) in [5.41, 5.74) is 6.39. The van der Waals surface area contributed by atoms with Gasteiger partial charge in [-0.05, 0) is 65.3 Å². The highest BCUT2D eigenvalue weighted by Crippen LogP contribution is 2.19. The van der Waals surface area contributed by atoms with Gasteiger partial charge in [-0.15, -0.1) is 0 Å². The Kier molecular flexibility index (Phi) is 9.61. The molecule has 0 radical (unpaired) electrons. The highest BCUT2D eigenvalue weighted by atomic mass is 32.1. The Morgan fingerprint density at radius 1 is 0.912 bits per heavy atom. The van der Waals surface area contributed by atoms with Crippen LogP contribution < -0.4 is 20.9 Å².